The summed E-state index contributed by atoms with van der Waals surface area (Å²) in [5, 5.41) is 2.97. The van der Waals surface area contributed by atoms with Crippen molar-refractivity contribution in [2.45, 2.75) is 44.4 Å². The van der Waals surface area contributed by atoms with Gasteiger partial charge in [-0.3, -0.25) is 9.78 Å². The molecule has 1 aliphatic carbocycles. The minimum Gasteiger partial charge on any atom is -0.376 e. The van der Waals surface area contributed by atoms with Gasteiger partial charge in [-0.2, -0.15) is 0 Å². The van der Waals surface area contributed by atoms with Gasteiger partial charge in [-0.15, -0.1) is 0 Å². The Bertz CT molecular complexity index is 408. The Morgan fingerprint density at radius 1 is 1.53 bits per heavy atom. The number of carbonyl (C=O) groups excluding carboxylic acids is 1. The number of aromatic nitrogens is 1. The van der Waals surface area contributed by atoms with Gasteiger partial charge < -0.3 is 15.8 Å². The van der Waals surface area contributed by atoms with Gasteiger partial charge in [-0.05, 0) is 37.5 Å². The number of rotatable bonds is 6. The molecule has 3 unspecified atom stereocenters. The first kappa shape index (κ1) is 14.0. The Hall–Kier alpha value is -1.46. The predicted molar refractivity (Wildman–Crippen MR) is 72.5 cm³/mol. The molecule has 0 aliphatic heterocycles. The van der Waals surface area contributed by atoms with E-state index in [-0.39, 0.29) is 24.1 Å². The third-order valence-corrected chi connectivity index (χ3v) is 3.46. The van der Waals surface area contributed by atoms with Crippen molar-refractivity contribution in [1.82, 2.24) is 10.3 Å². The Balaban J connectivity index is 1.75. The summed E-state index contributed by atoms with van der Waals surface area (Å²) in [4.78, 5) is 15.8. The zero-order valence-corrected chi connectivity index (χ0v) is 11.2. The van der Waals surface area contributed by atoms with E-state index >= 15 is 0 Å². The Morgan fingerprint density at radius 2 is 2.26 bits per heavy atom. The summed E-state index contributed by atoms with van der Waals surface area (Å²) in [7, 11) is 0. The fourth-order valence-electron chi connectivity index (χ4n) is 2.29. The van der Waals surface area contributed by atoms with E-state index in [1.165, 1.54) is 0 Å². The third kappa shape index (κ3) is 3.75. The molecular weight excluding hydrogens is 242 g/mol. The van der Waals surface area contributed by atoms with Crippen molar-refractivity contribution in [3.8, 4) is 0 Å². The van der Waals surface area contributed by atoms with Crippen LogP contribution in [0.3, 0.4) is 0 Å². The van der Waals surface area contributed by atoms with Gasteiger partial charge in [-0.25, -0.2) is 0 Å². The molecule has 0 saturated heterocycles. The molecule has 104 valence electrons. The highest BCUT2D eigenvalue weighted by atomic mass is 16.5. The highest BCUT2D eigenvalue weighted by Gasteiger charge is 2.40. The van der Waals surface area contributed by atoms with E-state index in [1.807, 2.05) is 19.1 Å². The van der Waals surface area contributed by atoms with E-state index in [0.29, 0.717) is 13.0 Å². The minimum absolute atomic E-state index is 0.0152. The van der Waals surface area contributed by atoms with E-state index in [9.17, 15) is 4.79 Å². The molecule has 1 amide bonds. The zero-order valence-electron chi connectivity index (χ0n) is 11.2. The maximum Gasteiger partial charge on any atom is 0.220 e. The number of carbonyl (C=O) groups is 1. The fraction of sp³-hybridized carbons (Fsp3) is 0.571. The van der Waals surface area contributed by atoms with Crippen LogP contribution < -0.4 is 11.1 Å². The van der Waals surface area contributed by atoms with Crippen molar-refractivity contribution in [2.24, 2.45) is 5.73 Å². The summed E-state index contributed by atoms with van der Waals surface area (Å²) < 4.78 is 5.52. The van der Waals surface area contributed by atoms with Gasteiger partial charge in [-0.1, -0.05) is 0 Å². The Labute approximate surface area is 113 Å². The molecule has 1 heterocycles. The lowest BCUT2D eigenvalue weighted by Crippen LogP contribution is -2.64. The molecule has 0 bridgehead atoms. The molecule has 0 spiro atoms. The molecule has 3 N–H and O–H groups in total. The van der Waals surface area contributed by atoms with E-state index < -0.39 is 0 Å². The molecule has 2 rings (SSSR count). The molecule has 1 aliphatic rings. The van der Waals surface area contributed by atoms with Gasteiger partial charge in [0.15, 0.2) is 0 Å². The fourth-order valence-corrected chi connectivity index (χ4v) is 2.29. The van der Waals surface area contributed by atoms with Crippen LogP contribution in [0.2, 0.25) is 0 Å². The molecule has 0 aromatic carbocycles. The first-order valence-corrected chi connectivity index (χ1v) is 6.76. The van der Waals surface area contributed by atoms with E-state index in [4.69, 9.17) is 10.5 Å². The topological polar surface area (TPSA) is 77.2 Å². The van der Waals surface area contributed by atoms with Gasteiger partial charge in [0.05, 0.1) is 12.1 Å². The molecule has 1 saturated carbocycles. The summed E-state index contributed by atoms with van der Waals surface area (Å²) in [6.45, 7) is 2.60. The predicted octanol–water partition coefficient (Wildman–Crippen LogP) is 0.635. The molecule has 1 fully saturated rings. The highest BCUT2D eigenvalue weighted by Crippen LogP contribution is 2.22. The molecule has 0 radical (unpaired) electrons. The van der Waals surface area contributed by atoms with Crippen LogP contribution in [0, 0.1) is 0 Å². The average Bonchev–Trinajstić information content (AvgIpc) is 2.43. The summed E-state index contributed by atoms with van der Waals surface area (Å²) in [6, 6.07) is 3.82. The van der Waals surface area contributed by atoms with E-state index in [1.54, 1.807) is 12.4 Å². The van der Waals surface area contributed by atoms with Gasteiger partial charge in [0.25, 0.3) is 0 Å². The number of pyridine rings is 1. The van der Waals surface area contributed by atoms with E-state index in [0.717, 1.165) is 18.4 Å². The monoisotopic (exact) mass is 263 g/mol. The molecular formula is C14H21N3O2. The first-order chi connectivity index (χ1) is 9.20. The average molecular weight is 263 g/mol. The van der Waals surface area contributed by atoms with Crippen LogP contribution in [0.4, 0.5) is 0 Å². The summed E-state index contributed by atoms with van der Waals surface area (Å²) in [6.07, 6.45) is 5.55. The van der Waals surface area contributed by atoms with Crippen LogP contribution in [0.1, 0.15) is 25.3 Å². The second-order valence-corrected chi connectivity index (χ2v) is 4.84. The number of nitrogens with two attached hydrogens (primary N) is 1. The second-order valence-electron chi connectivity index (χ2n) is 4.84. The largest absolute Gasteiger partial charge is 0.376 e. The van der Waals surface area contributed by atoms with Crippen molar-refractivity contribution in [3.05, 3.63) is 30.1 Å². The van der Waals surface area contributed by atoms with Crippen LogP contribution in [0.5, 0.6) is 0 Å². The van der Waals surface area contributed by atoms with E-state index in [2.05, 4.69) is 10.3 Å². The molecule has 5 heteroatoms. The summed E-state index contributed by atoms with van der Waals surface area (Å²) in [5.74, 6) is 0.0293. The SMILES string of the molecule is CCOC1CC(N)C1NC(=O)CCc1ccncc1. The zero-order chi connectivity index (χ0) is 13.7. The maximum atomic E-state index is 11.9. The summed E-state index contributed by atoms with van der Waals surface area (Å²) >= 11 is 0. The van der Waals surface area contributed by atoms with Crippen LogP contribution in [0.25, 0.3) is 0 Å². The number of amides is 1. The van der Waals surface area contributed by atoms with Crippen LogP contribution in [-0.4, -0.2) is 35.7 Å². The van der Waals surface area contributed by atoms with Crippen molar-refractivity contribution in [2.75, 3.05) is 6.61 Å². The lowest BCUT2D eigenvalue weighted by atomic mass is 9.83. The number of nitrogens with zero attached hydrogens (tertiary/aromatic N) is 1. The maximum absolute atomic E-state index is 11.9. The van der Waals surface area contributed by atoms with Crippen molar-refractivity contribution >= 4 is 5.91 Å². The molecule has 3 atom stereocenters. The van der Waals surface area contributed by atoms with Crippen LogP contribution in [-0.2, 0) is 16.0 Å². The Kier molecular flexibility index (Phi) is 4.87. The lowest BCUT2D eigenvalue weighted by molar-refractivity contribution is -0.125. The first-order valence-electron chi connectivity index (χ1n) is 6.76. The van der Waals surface area contributed by atoms with Crippen molar-refractivity contribution in [1.29, 1.82) is 0 Å². The van der Waals surface area contributed by atoms with Crippen molar-refractivity contribution < 1.29 is 9.53 Å². The lowest BCUT2D eigenvalue weighted by Gasteiger charge is -2.42. The molecule has 1 aromatic heterocycles. The quantitative estimate of drug-likeness (QED) is 0.789. The van der Waals surface area contributed by atoms with Crippen molar-refractivity contribution in [3.63, 3.8) is 0 Å². The number of hydrogen-bond donors (Lipinski definition) is 2. The highest BCUT2D eigenvalue weighted by molar-refractivity contribution is 5.76. The van der Waals surface area contributed by atoms with Gasteiger partial charge >= 0.3 is 0 Å². The van der Waals surface area contributed by atoms with Crippen LogP contribution >= 0.6 is 0 Å². The third-order valence-electron chi connectivity index (χ3n) is 3.46. The molecule has 5 nitrogen and oxygen atoms in total. The standard InChI is InChI=1S/C14H21N3O2/c1-2-19-12-9-11(15)14(12)17-13(18)4-3-10-5-7-16-8-6-10/h5-8,11-12,14H,2-4,9,15H2,1H3,(H,17,18). The van der Waals surface area contributed by atoms with Gasteiger partial charge in [0, 0.05) is 31.5 Å². The summed E-state index contributed by atoms with van der Waals surface area (Å²) in [5.41, 5.74) is 7.01. The minimum atomic E-state index is -0.0371. The number of nitrogens with one attached hydrogen (secondary N) is 1. The number of ether oxygens (including phenoxy) is 1. The Morgan fingerprint density at radius 3 is 2.89 bits per heavy atom. The smallest absolute Gasteiger partial charge is 0.220 e. The molecule has 19 heavy (non-hydrogen) atoms. The van der Waals surface area contributed by atoms with Gasteiger partial charge in [0.1, 0.15) is 0 Å². The van der Waals surface area contributed by atoms with Gasteiger partial charge in [0.2, 0.25) is 5.91 Å². The normalized spacial score (nSPS) is 25.7. The second kappa shape index (κ2) is 6.63. The number of hydrogen-bond acceptors (Lipinski definition) is 4. The number of aryl methyl sites for hydroxylation is 1. The van der Waals surface area contributed by atoms with Crippen LogP contribution in [0.15, 0.2) is 24.5 Å². The molecule has 1 aromatic rings.